The van der Waals surface area contributed by atoms with E-state index in [1.54, 1.807) is 18.2 Å². The first-order chi connectivity index (χ1) is 13.9. The summed E-state index contributed by atoms with van der Waals surface area (Å²) in [5.74, 6) is -0.440. The minimum atomic E-state index is -4.08. The number of fused-ring (bicyclic) bond motifs is 1. The molecule has 8 nitrogen and oxygen atoms in total. The summed E-state index contributed by atoms with van der Waals surface area (Å²) in [4.78, 5) is 21.3. The third-order valence-corrected chi connectivity index (χ3v) is 6.46. The van der Waals surface area contributed by atoms with Crippen LogP contribution in [0.15, 0.2) is 53.6 Å². The van der Waals surface area contributed by atoms with Gasteiger partial charge in [-0.3, -0.25) is 4.79 Å². The van der Waals surface area contributed by atoms with E-state index in [1.165, 1.54) is 26.5 Å². The molecule has 1 heterocycles. The third-order valence-electron chi connectivity index (χ3n) is 5.07. The minimum absolute atomic E-state index is 0.0534. The summed E-state index contributed by atoms with van der Waals surface area (Å²) in [6, 6.07) is 12.2. The fourth-order valence-electron chi connectivity index (χ4n) is 3.38. The van der Waals surface area contributed by atoms with Crippen LogP contribution in [-0.2, 0) is 20.2 Å². The molecule has 0 unspecified atom stereocenters. The van der Waals surface area contributed by atoms with Gasteiger partial charge in [-0.2, -0.15) is 4.98 Å². The highest BCUT2D eigenvalue weighted by Crippen LogP contribution is 2.51. The summed E-state index contributed by atoms with van der Waals surface area (Å²) < 4.78 is 38.5. The van der Waals surface area contributed by atoms with Crippen molar-refractivity contribution in [3.05, 3.63) is 54.2 Å². The predicted molar refractivity (Wildman–Crippen MR) is 105 cm³/mol. The van der Waals surface area contributed by atoms with E-state index in [0.29, 0.717) is 23.8 Å². The van der Waals surface area contributed by atoms with E-state index >= 15 is 0 Å². The van der Waals surface area contributed by atoms with Gasteiger partial charge in [-0.05, 0) is 24.3 Å². The standard InChI is InChI=1S/C20H19N3O5S/c1-27-17-15(12-21-19(22-17)28-2)20(10-11-20)18(24)23-29(25,26)16-9-5-7-13-6-3-4-8-14(13)16/h3-9,12H,10-11H2,1-2H3,(H,23,24). The van der Waals surface area contributed by atoms with Crippen LogP contribution in [0.5, 0.6) is 11.9 Å². The smallest absolute Gasteiger partial charge is 0.319 e. The third kappa shape index (κ3) is 3.27. The number of hydrogen-bond acceptors (Lipinski definition) is 7. The SMILES string of the molecule is COc1ncc(C2(C(=O)NS(=O)(=O)c3cccc4ccccc34)CC2)c(OC)n1. The van der Waals surface area contributed by atoms with Crippen LogP contribution >= 0.6 is 0 Å². The van der Waals surface area contributed by atoms with Crippen LogP contribution < -0.4 is 14.2 Å². The summed E-state index contributed by atoms with van der Waals surface area (Å²) in [6.45, 7) is 0. The molecule has 2 aromatic carbocycles. The number of rotatable bonds is 6. The van der Waals surface area contributed by atoms with Crippen molar-refractivity contribution >= 4 is 26.7 Å². The molecule has 1 fully saturated rings. The van der Waals surface area contributed by atoms with Crippen LogP contribution in [0, 0.1) is 0 Å². The highest BCUT2D eigenvalue weighted by Gasteiger charge is 2.55. The second-order valence-corrected chi connectivity index (χ2v) is 8.42. The molecule has 0 aliphatic heterocycles. The van der Waals surface area contributed by atoms with E-state index in [9.17, 15) is 13.2 Å². The number of nitrogens with zero attached hydrogens (tertiary/aromatic N) is 2. The van der Waals surface area contributed by atoms with Crippen LogP contribution in [0.2, 0.25) is 0 Å². The molecule has 0 spiro atoms. The highest BCUT2D eigenvalue weighted by molar-refractivity contribution is 7.90. The molecule has 0 bridgehead atoms. The highest BCUT2D eigenvalue weighted by atomic mass is 32.2. The molecule has 0 saturated heterocycles. The van der Waals surface area contributed by atoms with Crippen molar-refractivity contribution in [1.29, 1.82) is 0 Å². The maximum Gasteiger partial charge on any atom is 0.319 e. The van der Waals surface area contributed by atoms with Gasteiger partial charge in [0.05, 0.1) is 24.5 Å². The Hall–Kier alpha value is -3.20. The second-order valence-electron chi connectivity index (χ2n) is 6.77. The normalized spacial score (nSPS) is 15.0. The summed E-state index contributed by atoms with van der Waals surface area (Å²) >= 11 is 0. The summed E-state index contributed by atoms with van der Waals surface area (Å²) in [5.41, 5.74) is -0.610. The van der Waals surface area contributed by atoms with Gasteiger partial charge in [0.1, 0.15) is 0 Å². The maximum atomic E-state index is 13.0. The fourth-order valence-corrected chi connectivity index (χ4v) is 4.66. The lowest BCUT2D eigenvalue weighted by atomic mass is 9.98. The predicted octanol–water partition coefficient (Wildman–Crippen LogP) is 2.18. The van der Waals surface area contributed by atoms with Crippen molar-refractivity contribution in [2.75, 3.05) is 14.2 Å². The van der Waals surface area contributed by atoms with Gasteiger partial charge >= 0.3 is 6.01 Å². The Morgan fingerprint density at radius 2 is 1.79 bits per heavy atom. The van der Waals surface area contributed by atoms with Gasteiger partial charge in [-0.1, -0.05) is 36.4 Å². The van der Waals surface area contributed by atoms with Crippen molar-refractivity contribution < 1.29 is 22.7 Å². The van der Waals surface area contributed by atoms with Crippen molar-refractivity contribution in [3.63, 3.8) is 0 Å². The van der Waals surface area contributed by atoms with Crippen LogP contribution in [0.25, 0.3) is 10.8 Å². The molecule has 9 heteroatoms. The first-order valence-electron chi connectivity index (χ1n) is 8.92. The first kappa shape index (κ1) is 19.1. The van der Waals surface area contributed by atoms with Crippen molar-refractivity contribution in [3.8, 4) is 11.9 Å². The van der Waals surface area contributed by atoms with Crippen LogP contribution in [-0.4, -0.2) is 38.5 Å². The lowest BCUT2D eigenvalue weighted by molar-refractivity contribution is -0.121. The number of carbonyl (C=O) groups excluding carboxylic acids is 1. The van der Waals surface area contributed by atoms with E-state index in [1.807, 2.05) is 18.2 Å². The lowest BCUT2D eigenvalue weighted by Crippen LogP contribution is -2.39. The maximum absolute atomic E-state index is 13.0. The van der Waals surface area contributed by atoms with E-state index in [4.69, 9.17) is 9.47 Å². The number of aromatic nitrogens is 2. The van der Waals surface area contributed by atoms with Crippen molar-refractivity contribution in [2.24, 2.45) is 0 Å². The molecule has 150 valence electrons. The number of hydrogen-bond donors (Lipinski definition) is 1. The van der Waals surface area contributed by atoms with Gasteiger partial charge in [-0.15, -0.1) is 0 Å². The van der Waals surface area contributed by atoms with Gasteiger partial charge in [0.15, 0.2) is 0 Å². The Kier molecular flexibility index (Phi) is 4.62. The topological polar surface area (TPSA) is 107 Å². The molecular weight excluding hydrogens is 394 g/mol. The zero-order valence-electron chi connectivity index (χ0n) is 15.9. The average Bonchev–Trinajstić information content (AvgIpc) is 3.54. The quantitative estimate of drug-likeness (QED) is 0.660. The number of nitrogens with one attached hydrogen (secondary N) is 1. The lowest BCUT2D eigenvalue weighted by Gasteiger charge is -2.18. The van der Waals surface area contributed by atoms with Gasteiger partial charge in [0, 0.05) is 17.1 Å². The average molecular weight is 413 g/mol. The molecule has 1 amide bonds. The molecule has 1 aliphatic rings. The minimum Gasteiger partial charge on any atom is -0.481 e. The van der Waals surface area contributed by atoms with Gasteiger partial charge in [0.25, 0.3) is 10.0 Å². The van der Waals surface area contributed by atoms with E-state index < -0.39 is 21.3 Å². The molecule has 29 heavy (non-hydrogen) atoms. The van der Waals surface area contributed by atoms with Crippen molar-refractivity contribution in [2.45, 2.75) is 23.2 Å². The molecule has 4 rings (SSSR count). The molecule has 3 aromatic rings. The van der Waals surface area contributed by atoms with E-state index in [-0.39, 0.29) is 16.8 Å². The number of benzene rings is 2. The molecule has 0 radical (unpaired) electrons. The number of sulfonamides is 1. The number of carbonyl (C=O) groups is 1. The molecule has 0 atom stereocenters. The van der Waals surface area contributed by atoms with Crippen LogP contribution in [0.4, 0.5) is 0 Å². The first-order valence-corrected chi connectivity index (χ1v) is 10.4. The Balaban J connectivity index is 1.69. The fraction of sp³-hybridized carbons (Fsp3) is 0.250. The Bertz CT molecular complexity index is 1200. The number of methoxy groups -OCH3 is 2. The summed E-state index contributed by atoms with van der Waals surface area (Å²) in [7, 11) is -1.23. The molecule has 1 aliphatic carbocycles. The zero-order valence-corrected chi connectivity index (χ0v) is 16.7. The Labute approximate surface area is 167 Å². The van der Waals surface area contributed by atoms with Crippen LogP contribution in [0.1, 0.15) is 18.4 Å². The summed E-state index contributed by atoms with van der Waals surface area (Å²) in [6.07, 6.45) is 2.38. The largest absolute Gasteiger partial charge is 0.481 e. The number of amides is 1. The van der Waals surface area contributed by atoms with Crippen molar-refractivity contribution in [1.82, 2.24) is 14.7 Å². The van der Waals surface area contributed by atoms with Gasteiger partial charge in [0.2, 0.25) is 11.8 Å². The van der Waals surface area contributed by atoms with E-state index in [0.717, 1.165) is 5.39 Å². The second kappa shape index (κ2) is 7.00. The van der Waals surface area contributed by atoms with E-state index in [2.05, 4.69) is 14.7 Å². The van der Waals surface area contributed by atoms with Gasteiger partial charge < -0.3 is 9.47 Å². The molecular formula is C20H19N3O5S. The Morgan fingerprint density at radius 1 is 1.07 bits per heavy atom. The molecule has 1 N–H and O–H groups in total. The van der Waals surface area contributed by atoms with Gasteiger partial charge in [-0.25, -0.2) is 18.1 Å². The summed E-state index contributed by atoms with van der Waals surface area (Å²) in [5, 5.41) is 1.32. The zero-order chi connectivity index (χ0) is 20.6. The molecule has 1 aromatic heterocycles. The number of ether oxygens (including phenoxy) is 2. The Morgan fingerprint density at radius 3 is 2.48 bits per heavy atom. The monoisotopic (exact) mass is 413 g/mol. The van der Waals surface area contributed by atoms with Crippen LogP contribution in [0.3, 0.4) is 0 Å². The molecule has 1 saturated carbocycles.